The average Bonchev–Trinajstić information content (AvgIpc) is 3.23. The summed E-state index contributed by atoms with van der Waals surface area (Å²) >= 11 is 0. The van der Waals surface area contributed by atoms with E-state index in [1.165, 1.54) is 6.92 Å². The Morgan fingerprint density at radius 2 is 1.07 bits per heavy atom. The van der Waals surface area contributed by atoms with Crippen molar-refractivity contribution >= 4 is 11.8 Å². The van der Waals surface area contributed by atoms with Gasteiger partial charge >= 0.3 is 0 Å². The van der Waals surface area contributed by atoms with Crippen LogP contribution in [0, 0.1) is 0 Å². The minimum atomic E-state index is -2.21. The number of rotatable bonds is 18. The summed E-state index contributed by atoms with van der Waals surface area (Å²) in [6.07, 6.45) is -41.2. The van der Waals surface area contributed by atoms with Crippen molar-refractivity contribution in [3.8, 4) is 0 Å². The Hall–Kier alpha value is -1.98. The largest absolute Gasteiger partial charge is 0.394 e. The van der Waals surface area contributed by atoms with Gasteiger partial charge in [-0.3, -0.25) is 9.59 Å². The summed E-state index contributed by atoms with van der Waals surface area (Å²) in [5.41, 5.74) is 0. The number of aliphatic hydroxyl groups is 15. The van der Waals surface area contributed by atoms with E-state index in [9.17, 15) is 86.2 Å². The lowest BCUT2D eigenvalue weighted by atomic mass is 9.93. The molecule has 4 heterocycles. The molecule has 2 amide bonds. The third kappa shape index (κ3) is 11.8. The fourth-order valence-electron chi connectivity index (χ4n) is 7.37. The molecule has 27 heteroatoms. The summed E-state index contributed by atoms with van der Waals surface area (Å²) in [5.74, 6) is -1.61. The van der Waals surface area contributed by atoms with Crippen LogP contribution in [0.1, 0.15) is 20.8 Å². The molecule has 0 aliphatic carbocycles. The number of hydrogen-bond donors (Lipinski definition) is 17. The minimum Gasteiger partial charge on any atom is -0.394 e. The Bertz CT molecular complexity index is 1370. The molecule has 0 aromatic rings. The highest BCUT2D eigenvalue weighted by atomic mass is 16.8. The average molecular weight is 897 g/mol. The SMILES string of the molecule is CC(=O)N[C@H]1[C@H](O[C@H]2[C@@H](O)[C@@H](CO)O[C@@H](O[C@@H]([C@@H](O)[C@H](O)CO)[C@H](CO)NC(C)=O)[C@@H]2O)O[C@H](CO)[C@@H](O[C@@H]2O[C@@H](C)[C@@H](O)[C@@H](O)[C@@H]2O)[C@@H]1O[C@@H]1O[C@H](CO)[C@H](O)[C@H](O)[C@H]1O. The summed E-state index contributed by atoms with van der Waals surface area (Å²) in [6, 6.07) is -3.32. The second kappa shape index (κ2) is 22.8. The highest BCUT2D eigenvalue weighted by Gasteiger charge is 2.57. The zero-order valence-corrected chi connectivity index (χ0v) is 33.2. The lowest BCUT2D eigenvalue weighted by Crippen LogP contribution is -2.71. The van der Waals surface area contributed by atoms with Crippen LogP contribution in [0.4, 0.5) is 0 Å². The molecule has 356 valence electrons. The van der Waals surface area contributed by atoms with Crippen LogP contribution in [0.5, 0.6) is 0 Å². The fourth-order valence-corrected chi connectivity index (χ4v) is 7.37. The molecule has 0 aromatic heterocycles. The Morgan fingerprint density at radius 1 is 0.557 bits per heavy atom. The van der Waals surface area contributed by atoms with Crippen molar-refractivity contribution in [2.24, 2.45) is 0 Å². The van der Waals surface area contributed by atoms with Crippen molar-refractivity contribution in [1.29, 1.82) is 0 Å². The van der Waals surface area contributed by atoms with E-state index in [4.69, 9.17) is 37.9 Å². The van der Waals surface area contributed by atoms with Gasteiger partial charge < -0.3 is 125 Å². The van der Waals surface area contributed by atoms with Crippen molar-refractivity contribution in [1.82, 2.24) is 10.6 Å². The first-order valence-electron chi connectivity index (χ1n) is 19.4. The number of aliphatic hydroxyl groups excluding tert-OH is 15. The smallest absolute Gasteiger partial charge is 0.217 e. The molecule has 17 N–H and O–H groups in total. The van der Waals surface area contributed by atoms with Crippen molar-refractivity contribution in [2.75, 3.05) is 33.0 Å². The monoisotopic (exact) mass is 896 g/mol. The van der Waals surface area contributed by atoms with Crippen LogP contribution in [0.25, 0.3) is 0 Å². The predicted octanol–water partition coefficient (Wildman–Crippen LogP) is -11.0. The quantitative estimate of drug-likeness (QED) is 0.0607. The highest BCUT2D eigenvalue weighted by molar-refractivity contribution is 5.73. The van der Waals surface area contributed by atoms with Gasteiger partial charge in [0.15, 0.2) is 25.2 Å². The molecule has 4 aliphatic rings. The van der Waals surface area contributed by atoms with Crippen LogP contribution in [-0.2, 0) is 47.5 Å². The summed E-state index contributed by atoms with van der Waals surface area (Å²) < 4.78 is 46.4. The molecule has 0 saturated carbocycles. The summed E-state index contributed by atoms with van der Waals surface area (Å²) in [6.45, 7) is -1.55. The molecule has 27 nitrogen and oxygen atoms in total. The maximum absolute atomic E-state index is 12.8. The Kier molecular flexibility index (Phi) is 19.3. The molecule has 24 atom stereocenters. The van der Waals surface area contributed by atoms with E-state index in [0.29, 0.717) is 0 Å². The number of carbonyl (C=O) groups excluding carboxylic acids is 2. The molecule has 0 spiro atoms. The van der Waals surface area contributed by atoms with E-state index in [1.807, 2.05) is 0 Å². The Labute approximate surface area is 347 Å². The van der Waals surface area contributed by atoms with E-state index in [1.54, 1.807) is 0 Å². The number of ether oxygens (including phenoxy) is 8. The van der Waals surface area contributed by atoms with Gasteiger partial charge in [-0.15, -0.1) is 0 Å². The van der Waals surface area contributed by atoms with Gasteiger partial charge in [0.25, 0.3) is 0 Å². The maximum Gasteiger partial charge on any atom is 0.217 e. The molecule has 61 heavy (non-hydrogen) atoms. The first kappa shape index (κ1) is 51.7. The van der Waals surface area contributed by atoms with E-state index < -0.39 is 192 Å². The van der Waals surface area contributed by atoms with Crippen LogP contribution < -0.4 is 10.6 Å². The third-order valence-electron chi connectivity index (χ3n) is 10.7. The second-order valence-corrected chi connectivity index (χ2v) is 15.2. The van der Waals surface area contributed by atoms with E-state index in [0.717, 1.165) is 13.8 Å². The van der Waals surface area contributed by atoms with E-state index in [-0.39, 0.29) is 0 Å². The van der Waals surface area contributed by atoms with Crippen LogP contribution in [0.2, 0.25) is 0 Å². The molecule has 0 bridgehead atoms. The van der Waals surface area contributed by atoms with Crippen LogP contribution in [0.15, 0.2) is 0 Å². The molecule has 0 unspecified atom stereocenters. The van der Waals surface area contributed by atoms with Gasteiger partial charge in [0.05, 0.1) is 45.2 Å². The zero-order valence-electron chi connectivity index (χ0n) is 33.2. The second-order valence-electron chi connectivity index (χ2n) is 15.2. The van der Waals surface area contributed by atoms with Crippen LogP contribution in [0.3, 0.4) is 0 Å². The standard InChI is InChI=1S/C34H60N2O25/c1-9-18(45)22(49)24(51)32(54-9)59-28-16(8-41)57-31(17(36-11(3)43)29(28)60-33-25(52)23(50)20(47)14(6-39)55-33)61-30-21(48)15(7-40)56-34(26(30)53)58-27(19(46)13(44)5-38)12(4-37)35-10(2)42/h9,12-34,37-41,44-53H,4-8H2,1-3H3,(H,35,42)(H,36,43)/t9-,12-,13+,14+,15+,16+,17+,18+,19-,20-,21-,22+,23-,24-,25+,26+,27+,28+,29+,30-,31-,32-,33-,34-/m0/s1. The molecular formula is C34H60N2O25. The van der Waals surface area contributed by atoms with Crippen LogP contribution in [-0.4, -0.2) is 269 Å². The fraction of sp³-hybridized carbons (Fsp3) is 0.941. The number of nitrogens with one attached hydrogen (secondary N) is 2. The van der Waals surface area contributed by atoms with Gasteiger partial charge in [-0.2, -0.15) is 0 Å². The lowest BCUT2D eigenvalue weighted by Gasteiger charge is -2.51. The van der Waals surface area contributed by atoms with Gasteiger partial charge in [-0.05, 0) is 6.92 Å². The normalized spacial score (nSPS) is 44.1. The van der Waals surface area contributed by atoms with Crippen molar-refractivity contribution in [3.63, 3.8) is 0 Å². The zero-order chi connectivity index (χ0) is 45.6. The molecule has 4 saturated heterocycles. The molecule has 4 rings (SSSR count). The van der Waals surface area contributed by atoms with Crippen LogP contribution >= 0.6 is 0 Å². The maximum atomic E-state index is 12.8. The molecular weight excluding hydrogens is 836 g/mol. The van der Waals surface area contributed by atoms with Gasteiger partial charge in [-0.25, -0.2) is 0 Å². The van der Waals surface area contributed by atoms with E-state index >= 15 is 0 Å². The Balaban J connectivity index is 1.76. The lowest BCUT2D eigenvalue weighted by molar-refractivity contribution is -0.387. The highest BCUT2D eigenvalue weighted by Crippen LogP contribution is 2.36. The number of hydrogen-bond acceptors (Lipinski definition) is 25. The summed E-state index contributed by atoms with van der Waals surface area (Å²) in [4.78, 5) is 24.7. The topological polar surface area (TPSA) is 435 Å². The van der Waals surface area contributed by atoms with Crippen molar-refractivity contribution in [2.45, 2.75) is 168 Å². The first-order chi connectivity index (χ1) is 28.7. The molecule has 0 aromatic carbocycles. The summed E-state index contributed by atoms with van der Waals surface area (Å²) in [5, 5.41) is 162. The van der Waals surface area contributed by atoms with Crippen molar-refractivity contribution < 1.29 is 124 Å². The van der Waals surface area contributed by atoms with Gasteiger partial charge in [0.1, 0.15) is 110 Å². The molecule has 0 radical (unpaired) electrons. The Morgan fingerprint density at radius 3 is 1.61 bits per heavy atom. The minimum absolute atomic E-state index is 0.749. The van der Waals surface area contributed by atoms with Gasteiger partial charge in [0.2, 0.25) is 11.8 Å². The predicted molar refractivity (Wildman–Crippen MR) is 191 cm³/mol. The van der Waals surface area contributed by atoms with Crippen molar-refractivity contribution in [3.05, 3.63) is 0 Å². The van der Waals surface area contributed by atoms with Gasteiger partial charge in [0, 0.05) is 13.8 Å². The first-order valence-corrected chi connectivity index (χ1v) is 19.4. The number of carbonyl (C=O) groups is 2. The van der Waals surface area contributed by atoms with Gasteiger partial charge in [-0.1, -0.05) is 0 Å². The van der Waals surface area contributed by atoms with E-state index in [2.05, 4.69) is 10.6 Å². The third-order valence-corrected chi connectivity index (χ3v) is 10.7. The number of amides is 2. The molecule has 4 aliphatic heterocycles. The summed E-state index contributed by atoms with van der Waals surface area (Å²) in [7, 11) is 0. The molecule has 4 fully saturated rings.